The van der Waals surface area contributed by atoms with Gasteiger partial charge >= 0.3 is 0 Å². The normalized spacial score (nSPS) is 33.8. The summed E-state index contributed by atoms with van der Waals surface area (Å²) in [5.41, 5.74) is -10.9. The molecule has 1 fully saturated rings. The Balaban J connectivity index is 3.73. The van der Waals surface area contributed by atoms with Gasteiger partial charge in [0.25, 0.3) is 11.8 Å². The van der Waals surface area contributed by atoms with Crippen LogP contribution >= 0.6 is 0 Å². The molecule has 0 radical (unpaired) electrons. The Bertz CT molecular complexity index is 509. The molecular formula is C18H28F6. The number of hydrogen-bond acceptors (Lipinski definition) is 0. The summed E-state index contributed by atoms with van der Waals surface area (Å²) in [6.45, 7) is 7.10. The summed E-state index contributed by atoms with van der Waals surface area (Å²) < 4.78 is 88.3. The lowest BCUT2D eigenvalue weighted by molar-refractivity contribution is -0.327. The van der Waals surface area contributed by atoms with Gasteiger partial charge in [0.15, 0.2) is 5.67 Å². The van der Waals surface area contributed by atoms with Crippen LogP contribution in [-0.4, -0.2) is 23.2 Å². The monoisotopic (exact) mass is 358 g/mol. The maximum atomic E-state index is 15.2. The molecule has 1 aliphatic rings. The van der Waals surface area contributed by atoms with Gasteiger partial charge in [-0.25, -0.2) is 26.3 Å². The summed E-state index contributed by atoms with van der Waals surface area (Å²) in [6, 6.07) is 0. The average Bonchev–Trinajstić information content (AvgIpc) is 2.39. The Hall–Kier alpha value is -0.680. The van der Waals surface area contributed by atoms with Crippen molar-refractivity contribution in [3.8, 4) is 0 Å². The van der Waals surface area contributed by atoms with Crippen LogP contribution in [0.4, 0.5) is 26.3 Å². The van der Waals surface area contributed by atoms with E-state index in [1.807, 2.05) is 0 Å². The molecule has 0 aliphatic heterocycles. The molecule has 0 saturated heterocycles. The van der Waals surface area contributed by atoms with Gasteiger partial charge in [0, 0.05) is 12.3 Å². The van der Waals surface area contributed by atoms with E-state index in [1.165, 1.54) is 20.8 Å². The Morgan fingerprint density at radius 3 is 1.71 bits per heavy atom. The van der Waals surface area contributed by atoms with Crippen LogP contribution in [0.25, 0.3) is 0 Å². The SMILES string of the molecule is CCC=C(C(C)(F)C(C)(F)F)C1(C(C)(C)F)CC(C)(CC)C1(F)F. The molecule has 0 spiro atoms. The summed E-state index contributed by atoms with van der Waals surface area (Å²) >= 11 is 0. The third-order valence-corrected chi connectivity index (χ3v) is 5.94. The zero-order valence-electron chi connectivity index (χ0n) is 15.5. The third kappa shape index (κ3) is 2.50. The number of alkyl halides is 6. The van der Waals surface area contributed by atoms with E-state index in [1.54, 1.807) is 0 Å². The van der Waals surface area contributed by atoms with E-state index < -0.39 is 39.6 Å². The Morgan fingerprint density at radius 2 is 1.46 bits per heavy atom. The van der Waals surface area contributed by atoms with Crippen LogP contribution in [-0.2, 0) is 0 Å². The first-order chi connectivity index (χ1) is 10.5. The largest absolute Gasteiger partial charge is 0.282 e. The van der Waals surface area contributed by atoms with Crippen LogP contribution < -0.4 is 0 Å². The molecule has 1 rings (SSSR count). The molecule has 0 aromatic rings. The van der Waals surface area contributed by atoms with Crippen LogP contribution in [0.15, 0.2) is 11.6 Å². The fraction of sp³-hybridized carbons (Fsp3) is 0.889. The second-order valence-electron chi connectivity index (χ2n) is 7.96. The molecule has 0 aromatic heterocycles. The summed E-state index contributed by atoms with van der Waals surface area (Å²) in [5, 5.41) is 0. The fourth-order valence-corrected chi connectivity index (χ4v) is 3.94. The lowest BCUT2D eigenvalue weighted by atomic mass is 9.41. The van der Waals surface area contributed by atoms with Gasteiger partial charge in [0.2, 0.25) is 0 Å². The van der Waals surface area contributed by atoms with Crippen molar-refractivity contribution in [3.05, 3.63) is 11.6 Å². The summed E-state index contributed by atoms with van der Waals surface area (Å²) in [7, 11) is 0. The Morgan fingerprint density at radius 1 is 1.00 bits per heavy atom. The van der Waals surface area contributed by atoms with Crippen molar-refractivity contribution in [1.29, 1.82) is 0 Å². The molecule has 3 unspecified atom stereocenters. The molecule has 1 saturated carbocycles. The van der Waals surface area contributed by atoms with Gasteiger partial charge in [-0.3, -0.25) is 0 Å². The molecule has 24 heavy (non-hydrogen) atoms. The van der Waals surface area contributed by atoms with Crippen LogP contribution in [0, 0.1) is 10.8 Å². The molecule has 142 valence electrons. The fourth-order valence-electron chi connectivity index (χ4n) is 3.94. The number of allylic oxidation sites excluding steroid dienone is 2. The van der Waals surface area contributed by atoms with Gasteiger partial charge in [0.1, 0.15) is 5.67 Å². The molecule has 0 amide bonds. The van der Waals surface area contributed by atoms with E-state index in [0.29, 0.717) is 13.8 Å². The molecule has 0 N–H and O–H groups in total. The minimum Gasteiger partial charge on any atom is -0.243 e. The first kappa shape index (κ1) is 21.4. The molecule has 0 nitrogen and oxygen atoms in total. The van der Waals surface area contributed by atoms with Gasteiger partial charge < -0.3 is 0 Å². The zero-order chi connectivity index (χ0) is 19.4. The smallest absolute Gasteiger partial charge is 0.243 e. The van der Waals surface area contributed by atoms with Crippen molar-refractivity contribution >= 4 is 0 Å². The van der Waals surface area contributed by atoms with Crippen molar-refractivity contribution in [2.24, 2.45) is 10.8 Å². The summed E-state index contributed by atoms with van der Waals surface area (Å²) in [4.78, 5) is 0. The highest BCUT2D eigenvalue weighted by atomic mass is 19.3. The van der Waals surface area contributed by atoms with E-state index in [-0.39, 0.29) is 19.3 Å². The summed E-state index contributed by atoms with van der Waals surface area (Å²) in [5.74, 6) is -7.56. The highest BCUT2D eigenvalue weighted by Crippen LogP contribution is 2.75. The van der Waals surface area contributed by atoms with Crippen molar-refractivity contribution in [1.82, 2.24) is 0 Å². The number of rotatable bonds is 6. The van der Waals surface area contributed by atoms with Crippen LogP contribution in [0.3, 0.4) is 0 Å². The minimum atomic E-state index is -3.92. The number of halogens is 6. The average molecular weight is 358 g/mol. The van der Waals surface area contributed by atoms with Crippen LogP contribution in [0.1, 0.15) is 67.7 Å². The maximum absolute atomic E-state index is 15.2. The predicted molar refractivity (Wildman–Crippen MR) is 84.1 cm³/mol. The van der Waals surface area contributed by atoms with Gasteiger partial charge in [-0.15, -0.1) is 0 Å². The molecule has 0 bridgehead atoms. The Labute approximate surface area is 140 Å². The topological polar surface area (TPSA) is 0 Å². The predicted octanol–water partition coefficient (Wildman–Crippen LogP) is 6.90. The third-order valence-electron chi connectivity index (χ3n) is 5.94. The number of hydrogen-bond donors (Lipinski definition) is 0. The molecule has 3 atom stereocenters. The van der Waals surface area contributed by atoms with E-state index >= 15 is 17.6 Å². The van der Waals surface area contributed by atoms with E-state index in [4.69, 9.17) is 0 Å². The first-order valence-corrected chi connectivity index (χ1v) is 8.31. The molecule has 6 heteroatoms. The van der Waals surface area contributed by atoms with Gasteiger partial charge in [-0.1, -0.05) is 26.8 Å². The van der Waals surface area contributed by atoms with E-state index in [0.717, 1.165) is 19.9 Å². The second kappa shape index (κ2) is 5.66. The molecule has 0 heterocycles. The highest BCUT2D eigenvalue weighted by Gasteiger charge is 2.82. The zero-order valence-corrected chi connectivity index (χ0v) is 15.5. The Kier molecular flexibility index (Phi) is 5.04. The standard InChI is InChI=1S/C18H28F6/c1-8-10-12(15(6,20)16(7,21)22)17(13(3,4)19)11-14(5,9-2)18(17,23)24/h10H,8-9,11H2,1-7H3. The molecule has 1 aliphatic carbocycles. The van der Waals surface area contributed by atoms with Crippen LogP contribution in [0.2, 0.25) is 0 Å². The molecular weight excluding hydrogens is 330 g/mol. The molecule has 0 aromatic carbocycles. The van der Waals surface area contributed by atoms with Crippen molar-refractivity contribution in [2.45, 2.75) is 90.9 Å². The highest BCUT2D eigenvalue weighted by molar-refractivity contribution is 5.40. The first-order valence-electron chi connectivity index (χ1n) is 8.31. The van der Waals surface area contributed by atoms with Crippen molar-refractivity contribution in [2.75, 3.05) is 0 Å². The van der Waals surface area contributed by atoms with E-state index in [2.05, 4.69) is 0 Å². The van der Waals surface area contributed by atoms with Crippen molar-refractivity contribution < 1.29 is 26.3 Å². The van der Waals surface area contributed by atoms with Gasteiger partial charge in [0.05, 0.1) is 5.41 Å². The van der Waals surface area contributed by atoms with Gasteiger partial charge in [-0.2, -0.15) is 0 Å². The van der Waals surface area contributed by atoms with Crippen LogP contribution in [0.5, 0.6) is 0 Å². The van der Waals surface area contributed by atoms with Crippen molar-refractivity contribution in [3.63, 3.8) is 0 Å². The maximum Gasteiger partial charge on any atom is 0.282 e. The quantitative estimate of drug-likeness (QED) is 0.358. The second-order valence-corrected chi connectivity index (χ2v) is 7.96. The minimum absolute atomic E-state index is 0.0444. The summed E-state index contributed by atoms with van der Waals surface area (Å²) in [6.07, 6.45) is 0.737. The lowest BCUT2D eigenvalue weighted by Gasteiger charge is -2.66. The lowest BCUT2D eigenvalue weighted by Crippen LogP contribution is -2.74. The van der Waals surface area contributed by atoms with E-state index in [9.17, 15) is 8.78 Å². The van der Waals surface area contributed by atoms with Gasteiger partial charge in [-0.05, 0) is 45.6 Å².